The predicted octanol–water partition coefficient (Wildman–Crippen LogP) is 6.46. The van der Waals surface area contributed by atoms with E-state index in [4.69, 9.17) is 4.74 Å². The van der Waals surface area contributed by atoms with Crippen molar-refractivity contribution in [1.82, 2.24) is 4.90 Å². The van der Waals surface area contributed by atoms with Crippen molar-refractivity contribution in [2.24, 2.45) is 5.41 Å². The molecule has 1 aliphatic rings. The van der Waals surface area contributed by atoms with Crippen LogP contribution in [0.25, 0.3) is 6.08 Å². The van der Waals surface area contributed by atoms with Gasteiger partial charge in [0, 0.05) is 31.6 Å². The second-order valence-electron chi connectivity index (χ2n) is 12.2. The number of anilines is 1. The number of aliphatic carboxylic acids is 3. The van der Waals surface area contributed by atoms with Crippen molar-refractivity contribution in [2.45, 2.75) is 70.6 Å². The molecule has 0 radical (unpaired) electrons. The summed E-state index contributed by atoms with van der Waals surface area (Å²) in [7, 11) is 0. The van der Waals surface area contributed by atoms with Crippen LogP contribution in [-0.2, 0) is 32.3 Å². The first-order valence-electron chi connectivity index (χ1n) is 15.8. The molecule has 1 fully saturated rings. The molecule has 1 saturated carbocycles. The first-order chi connectivity index (χ1) is 22.6. The first-order valence-corrected chi connectivity index (χ1v) is 15.8. The van der Waals surface area contributed by atoms with Crippen molar-refractivity contribution < 1.29 is 39.2 Å². The number of hydrogen-bond donors (Lipinski definition) is 4. The van der Waals surface area contributed by atoms with Crippen molar-refractivity contribution in [3.63, 3.8) is 0 Å². The Balaban J connectivity index is 1.37. The van der Waals surface area contributed by atoms with Crippen LogP contribution in [0.15, 0.2) is 84.9 Å². The maximum atomic E-state index is 12.7. The number of nitrogens with one attached hydrogen (secondary N) is 1. The minimum atomic E-state index is -1.09. The van der Waals surface area contributed by atoms with Crippen molar-refractivity contribution in [3.8, 4) is 5.75 Å². The molecule has 1 atom stereocenters. The average Bonchev–Trinajstić information content (AvgIpc) is 3.48. The standard InChI is InChI=1S/C37H42N2O8/c40-33(23-37(24-35(43)44)20-4-5-21-37)38-30-14-10-27(11-15-30)9-6-22-39(32(36(45)46)18-19-34(41)42)25-28-12-16-31(17-13-28)47-26-29-7-2-1-3-8-29/h1-3,6-17,32H,4-5,18-26H2,(H,38,40)(H,41,42)(H,43,44)(H,45,46)/b9-6+/t32-/m0/s1. The smallest absolute Gasteiger partial charge is 0.320 e. The Morgan fingerprint density at radius 1 is 0.830 bits per heavy atom. The van der Waals surface area contributed by atoms with Crippen LogP contribution in [0.2, 0.25) is 0 Å². The molecular formula is C37H42N2O8. The van der Waals surface area contributed by atoms with Gasteiger partial charge in [-0.15, -0.1) is 0 Å². The van der Waals surface area contributed by atoms with Crippen LogP contribution in [0.3, 0.4) is 0 Å². The molecule has 10 nitrogen and oxygen atoms in total. The van der Waals surface area contributed by atoms with Crippen molar-refractivity contribution >= 4 is 35.6 Å². The van der Waals surface area contributed by atoms with Crippen molar-refractivity contribution in [2.75, 3.05) is 11.9 Å². The Labute approximate surface area is 274 Å². The number of carbonyl (C=O) groups is 4. The van der Waals surface area contributed by atoms with E-state index in [0.29, 0.717) is 18.0 Å². The van der Waals surface area contributed by atoms with E-state index >= 15 is 0 Å². The van der Waals surface area contributed by atoms with Gasteiger partial charge in [-0.1, -0.05) is 79.6 Å². The molecule has 10 heteroatoms. The van der Waals surface area contributed by atoms with Gasteiger partial charge in [-0.25, -0.2) is 0 Å². The van der Waals surface area contributed by atoms with E-state index in [0.717, 1.165) is 42.4 Å². The summed E-state index contributed by atoms with van der Waals surface area (Å²) in [5.41, 5.74) is 2.85. The zero-order valence-corrected chi connectivity index (χ0v) is 26.3. The molecule has 3 aromatic rings. The number of hydrogen-bond acceptors (Lipinski definition) is 6. The van der Waals surface area contributed by atoms with Gasteiger partial charge in [0.1, 0.15) is 18.4 Å². The lowest BCUT2D eigenvalue weighted by atomic mass is 9.79. The Hall–Kier alpha value is -4.96. The fraction of sp³-hybridized carbons (Fsp3) is 0.351. The highest BCUT2D eigenvalue weighted by Crippen LogP contribution is 2.44. The van der Waals surface area contributed by atoms with Gasteiger partial charge in [-0.05, 0) is 65.6 Å². The molecule has 0 bridgehead atoms. The number of amides is 1. The van der Waals surface area contributed by atoms with E-state index in [1.165, 1.54) is 0 Å². The third-order valence-electron chi connectivity index (χ3n) is 8.49. The van der Waals surface area contributed by atoms with Crippen LogP contribution >= 0.6 is 0 Å². The summed E-state index contributed by atoms with van der Waals surface area (Å²) in [5.74, 6) is -2.55. The lowest BCUT2D eigenvalue weighted by Crippen LogP contribution is -2.41. The molecule has 0 spiro atoms. The Bertz CT molecular complexity index is 1510. The highest BCUT2D eigenvalue weighted by atomic mass is 16.5. The molecule has 4 rings (SSSR count). The molecule has 4 N–H and O–H groups in total. The Morgan fingerprint density at radius 2 is 1.51 bits per heavy atom. The zero-order valence-electron chi connectivity index (χ0n) is 26.3. The maximum Gasteiger partial charge on any atom is 0.320 e. The largest absolute Gasteiger partial charge is 0.489 e. The minimum Gasteiger partial charge on any atom is -0.489 e. The SMILES string of the molecule is O=C(O)CC[C@@H](C(=O)O)N(C/C=C/c1ccc(NC(=O)CC2(CC(=O)O)CCCC2)cc1)Cc1ccc(OCc2ccccc2)cc1. The summed E-state index contributed by atoms with van der Waals surface area (Å²) < 4.78 is 5.87. The molecule has 0 heterocycles. The molecule has 0 saturated heterocycles. The predicted molar refractivity (Wildman–Crippen MR) is 178 cm³/mol. The van der Waals surface area contributed by atoms with E-state index < -0.39 is 29.4 Å². The zero-order chi connectivity index (χ0) is 33.6. The first kappa shape index (κ1) is 34.9. The van der Waals surface area contributed by atoms with Crippen molar-refractivity contribution in [3.05, 3.63) is 102 Å². The summed E-state index contributed by atoms with van der Waals surface area (Å²) in [4.78, 5) is 49.3. The highest BCUT2D eigenvalue weighted by molar-refractivity contribution is 5.91. The topological polar surface area (TPSA) is 153 Å². The van der Waals surface area contributed by atoms with E-state index in [1.54, 1.807) is 17.0 Å². The monoisotopic (exact) mass is 642 g/mol. The molecule has 3 aromatic carbocycles. The molecule has 1 amide bonds. The number of carboxylic acid groups (broad SMARTS) is 3. The molecule has 0 aliphatic heterocycles. The Kier molecular flexibility index (Phi) is 12.7. The van der Waals surface area contributed by atoms with Crippen LogP contribution < -0.4 is 10.1 Å². The summed E-state index contributed by atoms with van der Waals surface area (Å²) in [6.45, 7) is 0.968. The van der Waals surface area contributed by atoms with Crippen LogP contribution in [-0.4, -0.2) is 56.6 Å². The lowest BCUT2D eigenvalue weighted by Gasteiger charge is -2.27. The van der Waals surface area contributed by atoms with Gasteiger partial charge in [-0.2, -0.15) is 0 Å². The van der Waals surface area contributed by atoms with Crippen LogP contribution in [0.4, 0.5) is 5.69 Å². The molecule has 0 unspecified atom stereocenters. The van der Waals surface area contributed by atoms with E-state index in [9.17, 15) is 34.5 Å². The summed E-state index contributed by atoms with van der Waals surface area (Å²) in [6.07, 6.45) is 6.87. The summed E-state index contributed by atoms with van der Waals surface area (Å²) >= 11 is 0. The fourth-order valence-electron chi connectivity index (χ4n) is 6.10. The van der Waals surface area contributed by atoms with Gasteiger partial charge in [0.05, 0.1) is 6.42 Å². The average molecular weight is 643 g/mol. The molecule has 1 aliphatic carbocycles. The number of carboxylic acids is 3. The second kappa shape index (κ2) is 17.1. The molecule has 47 heavy (non-hydrogen) atoms. The van der Waals surface area contributed by atoms with Gasteiger partial charge in [-0.3, -0.25) is 24.1 Å². The van der Waals surface area contributed by atoms with Gasteiger partial charge in [0.25, 0.3) is 0 Å². The van der Waals surface area contributed by atoms with E-state index in [2.05, 4.69) is 5.32 Å². The van der Waals surface area contributed by atoms with E-state index in [1.807, 2.05) is 78.9 Å². The third-order valence-corrected chi connectivity index (χ3v) is 8.49. The minimum absolute atomic E-state index is 0.00526. The van der Waals surface area contributed by atoms with Crippen LogP contribution in [0.5, 0.6) is 5.75 Å². The second-order valence-corrected chi connectivity index (χ2v) is 12.2. The summed E-state index contributed by atoms with van der Waals surface area (Å²) in [5, 5.41) is 31.4. The van der Waals surface area contributed by atoms with Crippen molar-refractivity contribution in [1.29, 1.82) is 0 Å². The highest BCUT2D eigenvalue weighted by Gasteiger charge is 2.38. The fourth-order valence-corrected chi connectivity index (χ4v) is 6.10. The van der Waals surface area contributed by atoms with E-state index in [-0.39, 0.29) is 44.7 Å². The van der Waals surface area contributed by atoms with Gasteiger partial charge in [0.15, 0.2) is 0 Å². The number of benzene rings is 3. The van der Waals surface area contributed by atoms with Crippen LogP contribution in [0.1, 0.15) is 68.1 Å². The quantitative estimate of drug-likeness (QED) is 0.122. The lowest BCUT2D eigenvalue weighted by molar-refractivity contribution is -0.145. The number of nitrogens with zero attached hydrogens (tertiary/aromatic N) is 1. The third kappa shape index (κ3) is 11.4. The molecule has 248 valence electrons. The Morgan fingerprint density at radius 3 is 2.13 bits per heavy atom. The number of ether oxygens (including phenoxy) is 1. The van der Waals surface area contributed by atoms with Gasteiger partial charge in [0.2, 0.25) is 5.91 Å². The van der Waals surface area contributed by atoms with Gasteiger partial charge >= 0.3 is 17.9 Å². The molecule has 0 aromatic heterocycles. The number of carbonyl (C=O) groups excluding carboxylic acids is 1. The molecular weight excluding hydrogens is 600 g/mol. The normalized spacial score (nSPS) is 14.6. The number of rotatable bonds is 18. The maximum absolute atomic E-state index is 12.7. The van der Waals surface area contributed by atoms with Gasteiger partial charge < -0.3 is 25.4 Å². The van der Waals surface area contributed by atoms with Crippen LogP contribution in [0, 0.1) is 5.41 Å². The summed E-state index contributed by atoms with van der Waals surface area (Å²) in [6, 6.07) is 23.4.